The van der Waals surface area contributed by atoms with Crippen LogP contribution in [0.2, 0.25) is 0 Å². The lowest BCUT2D eigenvalue weighted by Crippen LogP contribution is -2.37. The lowest BCUT2D eigenvalue weighted by molar-refractivity contribution is 0.0500. The fourth-order valence-electron chi connectivity index (χ4n) is 4.11. The van der Waals surface area contributed by atoms with Crippen LogP contribution in [0.5, 0.6) is 5.88 Å². The van der Waals surface area contributed by atoms with Gasteiger partial charge in [0.1, 0.15) is 28.9 Å². The molecule has 2 atom stereocenters. The molecule has 0 aliphatic heterocycles. The molecule has 4 aromatic rings. The van der Waals surface area contributed by atoms with Crippen LogP contribution in [-0.2, 0) is 9.47 Å². The van der Waals surface area contributed by atoms with Crippen LogP contribution < -0.4 is 15.4 Å². The van der Waals surface area contributed by atoms with Gasteiger partial charge in [-0.25, -0.2) is 28.5 Å². The van der Waals surface area contributed by atoms with E-state index in [1.165, 1.54) is 16.8 Å². The molecule has 4 rings (SSSR count). The fourth-order valence-corrected chi connectivity index (χ4v) is 4.11. The van der Waals surface area contributed by atoms with Crippen LogP contribution in [0.15, 0.2) is 55.0 Å². The second-order valence-electron chi connectivity index (χ2n) is 10.6. The van der Waals surface area contributed by atoms with Crippen LogP contribution in [0, 0.1) is 5.82 Å². The van der Waals surface area contributed by atoms with Crippen LogP contribution >= 0.6 is 0 Å². The van der Waals surface area contributed by atoms with Gasteiger partial charge in [-0.1, -0.05) is 30.3 Å². The van der Waals surface area contributed by atoms with E-state index < -0.39 is 35.6 Å². The van der Waals surface area contributed by atoms with E-state index in [1.807, 2.05) is 37.3 Å². The summed E-state index contributed by atoms with van der Waals surface area (Å²) in [5.41, 5.74) is 1.87. The predicted molar refractivity (Wildman–Crippen MR) is 155 cm³/mol. The van der Waals surface area contributed by atoms with Crippen molar-refractivity contribution in [3.05, 3.63) is 71.9 Å². The number of hydrogen-bond donors (Lipinski definition) is 2. The third-order valence-corrected chi connectivity index (χ3v) is 5.98. The molecule has 0 saturated heterocycles. The van der Waals surface area contributed by atoms with E-state index in [0.717, 1.165) is 11.8 Å². The lowest BCUT2D eigenvalue weighted by Gasteiger charge is -2.23. The topological polar surface area (TPSA) is 129 Å². The number of carbonyl (C=O) groups excluding carboxylic acids is 2. The Hall–Kier alpha value is -4.74. The smallest absolute Gasteiger partial charge is 0.407 e. The first kappa shape index (κ1) is 30.2. The summed E-state index contributed by atoms with van der Waals surface area (Å²) in [6.45, 7) is 11.0. The van der Waals surface area contributed by atoms with E-state index in [2.05, 4.69) is 20.7 Å². The fraction of sp³-hybridized carbons (Fsp3) is 0.367. The molecule has 1 amide bonds. The first-order valence-corrected chi connectivity index (χ1v) is 13.6. The molecule has 0 fully saturated rings. The van der Waals surface area contributed by atoms with Crippen LogP contribution in [-0.4, -0.2) is 56.5 Å². The van der Waals surface area contributed by atoms with Gasteiger partial charge in [-0.2, -0.15) is 5.10 Å². The maximum Gasteiger partial charge on any atom is 0.407 e. The summed E-state index contributed by atoms with van der Waals surface area (Å²) in [7, 11) is 0. The van der Waals surface area contributed by atoms with E-state index in [0.29, 0.717) is 22.6 Å². The molecular weight excluding hydrogens is 543 g/mol. The molecule has 11 nitrogen and oxygen atoms in total. The maximum absolute atomic E-state index is 14.4. The molecule has 1 aromatic carbocycles. The Morgan fingerprint density at radius 1 is 1.12 bits per heavy atom. The number of nitrogens with one attached hydrogen (secondary N) is 2. The molecule has 0 spiro atoms. The monoisotopic (exact) mass is 578 g/mol. The van der Waals surface area contributed by atoms with Crippen molar-refractivity contribution in [2.24, 2.45) is 0 Å². The first-order chi connectivity index (χ1) is 19.9. The van der Waals surface area contributed by atoms with Crippen molar-refractivity contribution in [1.29, 1.82) is 0 Å². The number of anilines is 1. The number of rotatable bonds is 10. The number of esters is 1. The van der Waals surface area contributed by atoms with Gasteiger partial charge in [-0.3, -0.25) is 0 Å². The molecule has 42 heavy (non-hydrogen) atoms. The van der Waals surface area contributed by atoms with E-state index >= 15 is 0 Å². The van der Waals surface area contributed by atoms with Crippen molar-refractivity contribution in [3.63, 3.8) is 0 Å². The molecule has 0 saturated carbocycles. The standard InChI is InChI=1S/C30H35FN6O5/c1-7-40-28(38)23-16-34-37-17-24(20-11-9-8-10-12-20)25(36-26(23)37)35-19(3)22-13-21(31)15-32-27(22)41-18(2)14-33-29(39)42-30(4,5)6/h8-13,15-19H,7,14H2,1-6H3,(H,33,39)(H,35,36)/t18-,19+/m0/s1. The second kappa shape index (κ2) is 12.8. The number of aromatic nitrogens is 4. The van der Waals surface area contributed by atoms with Crippen molar-refractivity contribution in [2.75, 3.05) is 18.5 Å². The van der Waals surface area contributed by atoms with Crippen LogP contribution in [0.1, 0.15) is 63.5 Å². The SMILES string of the molecule is CCOC(=O)c1cnn2cc(-c3ccccc3)c(N[C@H](C)c3cc(F)cnc3O[C@@H](C)CNC(=O)OC(C)(C)C)nc12. The zero-order chi connectivity index (χ0) is 30.4. The molecule has 0 aliphatic carbocycles. The van der Waals surface area contributed by atoms with Gasteiger partial charge >= 0.3 is 12.1 Å². The first-order valence-electron chi connectivity index (χ1n) is 13.6. The van der Waals surface area contributed by atoms with Gasteiger partial charge in [-0.05, 0) is 53.2 Å². The van der Waals surface area contributed by atoms with Crippen molar-refractivity contribution < 1.29 is 28.2 Å². The van der Waals surface area contributed by atoms with Crippen LogP contribution in [0.3, 0.4) is 0 Å². The Labute approximate surface area is 243 Å². The third kappa shape index (κ3) is 7.50. The number of halogens is 1. The summed E-state index contributed by atoms with van der Waals surface area (Å²) in [5.74, 6) is -0.459. The molecular formula is C30H35FN6O5. The largest absolute Gasteiger partial charge is 0.473 e. The highest BCUT2D eigenvalue weighted by molar-refractivity contribution is 5.96. The van der Waals surface area contributed by atoms with Crippen LogP contribution in [0.25, 0.3) is 16.8 Å². The summed E-state index contributed by atoms with van der Waals surface area (Å²) in [6.07, 6.45) is 3.17. The Morgan fingerprint density at radius 2 is 1.86 bits per heavy atom. The summed E-state index contributed by atoms with van der Waals surface area (Å²) >= 11 is 0. The number of fused-ring (bicyclic) bond motifs is 1. The minimum absolute atomic E-state index is 0.142. The Morgan fingerprint density at radius 3 is 2.55 bits per heavy atom. The van der Waals surface area contributed by atoms with Crippen molar-refractivity contribution in [3.8, 4) is 17.0 Å². The Balaban J connectivity index is 1.63. The maximum atomic E-state index is 14.4. The number of ether oxygens (including phenoxy) is 3. The van der Waals surface area contributed by atoms with E-state index in [1.54, 1.807) is 40.8 Å². The van der Waals surface area contributed by atoms with Crippen molar-refractivity contribution in [1.82, 2.24) is 24.9 Å². The minimum Gasteiger partial charge on any atom is -0.473 e. The van der Waals surface area contributed by atoms with Gasteiger partial charge in [0.25, 0.3) is 0 Å². The summed E-state index contributed by atoms with van der Waals surface area (Å²) in [5, 5.41) is 10.3. The van der Waals surface area contributed by atoms with Gasteiger partial charge in [0.05, 0.1) is 31.6 Å². The third-order valence-electron chi connectivity index (χ3n) is 5.98. The number of amides is 1. The van der Waals surface area contributed by atoms with E-state index in [4.69, 9.17) is 19.2 Å². The molecule has 222 valence electrons. The highest BCUT2D eigenvalue weighted by Crippen LogP contribution is 2.33. The highest BCUT2D eigenvalue weighted by Gasteiger charge is 2.23. The number of nitrogens with zero attached hydrogens (tertiary/aromatic N) is 4. The number of benzene rings is 1. The van der Waals surface area contributed by atoms with Gasteiger partial charge < -0.3 is 24.8 Å². The number of pyridine rings is 1. The molecule has 12 heteroatoms. The molecule has 3 heterocycles. The van der Waals surface area contributed by atoms with Crippen LogP contribution in [0.4, 0.5) is 15.0 Å². The van der Waals surface area contributed by atoms with E-state index in [-0.39, 0.29) is 24.6 Å². The number of hydrogen-bond acceptors (Lipinski definition) is 9. The van der Waals surface area contributed by atoms with Crippen molar-refractivity contribution >= 4 is 23.5 Å². The minimum atomic E-state index is -0.634. The van der Waals surface area contributed by atoms with Gasteiger partial charge in [0, 0.05) is 17.3 Å². The molecule has 0 unspecified atom stereocenters. The molecule has 0 aliphatic rings. The average molecular weight is 579 g/mol. The van der Waals surface area contributed by atoms with Gasteiger partial charge in [-0.15, -0.1) is 0 Å². The molecule has 0 bridgehead atoms. The molecule has 3 aromatic heterocycles. The quantitative estimate of drug-likeness (QED) is 0.232. The lowest BCUT2D eigenvalue weighted by atomic mass is 10.1. The Bertz CT molecular complexity index is 1550. The zero-order valence-corrected chi connectivity index (χ0v) is 24.5. The normalized spacial score (nSPS) is 12.8. The Kier molecular flexibility index (Phi) is 9.24. The van der Waals surface area contributed by atoms with E-state index in [9.17, 15) is 14.0 Å². The number of carbonyl (C=O) groups is 2. The molecule has 0 radical (unpaired) electrons. The van der Waals surface area contributed by atoms with Crippen molar-refractivity contribution in [2.45, 2.75) is 59.3 Å². The number of alkyl carbamates (subject to hydrolysis) is 1. The highest BCUT2D eigenvalue weighted by atomic mass is 19.1. The second-order valence-corrected chi connectivity index (χ2v) is 10.6. The summed E-state index contributed by atoms with van der Waals surface area (Å²) in [4.78, 5) is 33.5. The zero-order valence-electron chi connectivity index (χ0n) is 24.5. The molecule has 2 N–H and O–H groups in total. The van der Waals surface area contributed by atoms with Gasteiger partial charge in [0.15, 0.2) is 5.65 Å². The van der Waals surface area contributed by atoms with Gasteiger partial charge in [0.2, 0.25) is 5.88 Å². The summed E-state index contributed by atoms with van der Waals surface area (Å²) < 4.78 is 32.4. The predicted octanol–water partition coefficient (Wildman–Crippen LogP) is 5.57. The summed E-state index contributed by atoms with van der Waals surface area (Å²) in [6, 6.07) is 10.3. The average Bonchev–Trinajstić information content (AvgIpc) is 3.35.